The van der Waals surface area contributed by atoms with Gasteiger partial charge in [-0.05, 0) is 79.1 Å². The molecule has 1 atom stereocenters. The zero-order chi connectivity index (χ0) is 19.3. The number of aryl methyl sites for hydroxylation is 4. The summed E-state index contributed by atoms with van der Waals surface area (Å²) in [5, 5.41) is 2.24. The fraction of sp³-hybridized carbons (Fsp3) is 0.542. The molecule has 2 rings (SSSR count). The summed E-state index contributed by atoms with van der Waals surface area (Å²) in [7, 11) is 0. The van der Waals surface area contributed by atoms with Crippen molar-refractivity contribution in [3.05, 3.63) is 56.8 Å². The van der Waals surface area contributed by atoms with Gasteiger partial charge in [-0.1, -0.05) is 45.9 Å². The van der Waals surface area contributed by atoms with Crippen molar-refractivity contribution < 1.29 is 4.79 Å². The Morgan fingerprint density at radius 2 is 1.85 bits per heavy atom. The first-order valence-corrected chi connectivity index (χ1v) is 10.8. The van der Waals surface area contributed by atoms with Gasteiger partial charge in [0, 0.05) is 16.7 Å². The SMILES string of the molecule is CCC(CCc1cc(C)cs1)c1ccc(CCC(=O)C(C)(C)C)c(C)c1. The van der Waals surface area contributed by atoms with Crippen molar-refractivity contribution in [2.75, 3.05) is 0 Å². The second kappa shape index (κ2) is 8.99. The van der Waals surface area contributed by atoms with Crippen LogP contribution in [-0.2, 0) is 17.6 Å². The molecule has 26 heavy (non-hydrogen) atoms. The maximum Gasteiger partial charge on any atom is 0.138 e. The summed E-state index contributed by atoms with van der Waals surface area (Å²) in [5.41, 5.74) is 5.23. The number of rotatable bonds is 8. The fourth-order valence-electron chi connectivity index (χ4n) is 3.42. The van der Waals surface area contributed by atoms with Crippen LogP contribution in [0.1, 0.15) is 80.0 Å². The monoisotopic (exact) mass is 370 g/mol. The number of thiophene rings is 1. The molecule has 0 radical (unpaired) electrons. The predicted octanol–water partition coefficient (Wildman–Crippen LogP) is 7.04. The van der Waals surface area contributed by atoms with Gasteiger partial charge in [0.15, 0.2) is 0 Å². The Kier molecular flexibility index (Phi) is 7.23. The third kappa shape index (κ3) is 5.81. The van der Waals surface area contributed by atoms with Crippen molar-refractivity contribution in [2.45, 2.75) is 79.6 Å². The maximum absolute atomic E-state index is 12.2. The molecule has 0 aliphatic carbocycles. The van der Waals surface area contributed by atoms with Crippen LogP contribution >= 0.6 is 11.3 Å². The summed E-state index contributed by atoms with van der Waals surface area (Å²) >= 11 is 1.88. The topological polar surface area (TPSA) is 17.1 Å². The number of ketones is 1. The van der Waals surface area contributed by atoms with Gasteiger partial charge in [0.2, 0.25) is 0 Å². The first-order valence-electron chi connectivity index (χ1n) is 9.87. The van der Waals surface area contributed by atoms with E-state index in [2.05, 4.69) is 50.4 Å². The minimum atomic E-state index is -0.235. The Morgan fingerprint density at radius 3 is 2.38 bits per heavy atom. The van der Waals surface area contributed by atoms with Gasteiger partial charge in [-0.3, -0.25) is 4.79 Å². The highest BCUT2D eigenvalue weighted by atomic mass is 32.1. The van der Waals surface area contributed by atoms with Gasteiger partial charge < -0.3 is 0 Å². The van der Waals surface area contributed by atoms with Crippen LogP contribution in [0.5, 0.6) is 0 Å². The van der Waals surface area contributed by atoms with E-state index >= 15 is 0 Å². The van der Waals surface area contributed by atoms with E-state index in [9.17, 15) is 4.79 Å². The van der Waals surface area contributed by atoms with Crippen LogP contribution < -0.4 is 0 Å². The van der Waals surface area contributed by atoms with E-state index in [4.69, 9.17) is 0 Å². The van der Waals surface area contributed by atoms with E-state index < -0.39 is 0 Å². The zero-order valence-corrected chi connectivity index (χ0v) is 18.1. The summed E-state index contributed by atoms with van der Waals surface area (Å²) in [6.45, 7) is 12.7. The molecule has 0 aliphatic rings. The van der Waals surface area contributed by atoms with Crippen LogP contribution in [0.3, 0.4) is 0 Å². The van der Waals surface area contributed by atoms with Gasteiger partial charge in [-0.2, -0.15) is 0 Å². The molecule has 0 fully saturated rings. The zero-order valence-electron chi connectivity index (χ0n) is 17.3. The summed E-state index contributed by atoms with van der Waals surface area (Å²) < 4.78 is 0. The number of benzene rings is 1. The number of carbonyl (C=O) groups is 1. The third-order valence-corrected chi connectivity index (χ3v) is 6.43. The second-order valence-corrected chi connectivity index (χ2v) is 9.59. The van der Waals surface area contributed by atoms with E-state index in [1.807, 2.05) is 32.1 Å². The third-order valence-electron chi connectivity index (χ3n) is 5.31. The molecule has 0 bridgehead atoms. The molecule has 0 saturated carbocycles. The summed E-state index contributed by atoms with van der Waals surface area (Å²) in [6.07, 6.45) is 5.04. The van der Waals surface area contributed by atoms with Crippen molar-refractivity contribution in [3.8, 4) is 0 Å². The Balaban J connectivity index is 2.00. The predicted molar refractivity (Wildman–Crippen MR) is 114 cm³/mol. The highest BCUT2D eigenvalue weighted by molar-refractivity contribution is 7.10. The Hall–Kier alpha value is -1.41. The molecule has 0 spiro atoms. The molecular formula is C24H34OS. The first-order chi connectivity index (χ1) is 12.2. The van der Waals surface area contributed by atoms with Crippen LogP contribution in [0.25, 0.3) is 0 Å². The van der Waals surface area contributed by atoms with Crippen LogP contribution in [0, 0.1) is 19.3 Å². The lowest BCUT2D eigenvalue weighted by molar-refractivity contribution is -0.126. The standard InChI is InChI=1S/C24H34OS/c1-7-19(10-12-22-14-17(2)16-26-22)21-9-8-20(18(3)15-21)11-13-23(25)24(4,5)6/h8-9,14-16,19H,7,10-13H2,1-6H3. The van der Waals surface area contributed by atoms with E-state index in [0.29, 0.717) is 18.1 Å². The molecule has 1 nitrogen and oxygen atoms in total. The Morgan fingerprint density at radius 1 is 1.12 bits per heavy atom. The molecule has 2 aromatic rings. The molecule has 142 valence electrons. The largest absolute Gasteiger partial charge is 0.299 e. The van der Waals surface area contributed by atoms with Crippen molar-refractivity contribution in [3.63, 3.8) is 0 Å². The molecule has 0 aliphatic heterocycles. The Bertz CT molecular complexity index is 733. The quantitative estimate of drug-likeness (QED) is 0.487. The fourth-order valence-corrected chi connectivity index (χ4v) is 4.32. The molecule has 0 amide bonds. The molecule has 1 aromatic carbocycles. The number of carbonyl (C=O) groups excluding carboxylic acids is 1. The molecule has 1 aromatic heterocycles. The lowest BCUT2D eigenvalue weighted by Crippen LogP contribution is -2.20. The van der Waals surface area contributed by atoms with Gasteiger partial charge in [0.1, 0.15) is 5.78 Å². The minimum absolute atomic E-state index is 0.235. The van der Waals surface area contributed by atoms with Gasteiger partial charge in [0.05, 0.1) is 0 Å². The first kappa shape index (κ1) is 20.9. The van der Waals surface area contributed by atoms with Crippen molar-refractivity contribution in [1.29, 1.82) is 0 Å². The van der Waals surface area contributed by atoms with Gasteiger partial charge in [-0.25, -0.2) is 0 Å². The van der Waals surface area contributed by atoms with E-state index in [-0.39, 0.29) is 5.41 Å². The molecule has 0 N–H and O–H groups in total. The van der Waals surface area contributed by atoms with Crippen molar-refractivity contribution in [1.82, 2.24) is 0 Å². The van der Waals surface area contributed by atoms with Crippen LogP contribution in [0.4, 0.5) is 0 Å². The number of hydrogen-bond acceptors (Lipinski definition) is 2. The molecule has 2 heteroatoms. The second-order valence-electron chi connectivity index (χ2n) is 8.59. The molecular weight excluding hydrogens is 336 g/mol. The highest BCUT2D eigenvalue weighted by Gasteiger charge is 2.21. The van der Waals surface area contributed by atoms with Crippen LogP contribution in [0.15, 0.2) is 29.6 Å². The van der Waals surface area contributed by atoms with Crippen LogP contribution in [-0.4, -0.2) is 5.78 Å². The molecule has 0 saturated heterocycles. The lowest BCUT2D eigenvalue weighted by Gasteiger charge is -2.19. The lowest BCUT2D eigenvalue weighted by atomic mass is 9.85. The Labute approximate surface area is 163 Å². The van der Waals surface area contributed by atoms with Crippen molar-refractivity contribution in [2.24, 2.45) is 5.41 Å². The smallest absolute Gasteiger partial charge is 0.138 e. The average Bonchev–Trinajstić information content (AvgIpc) is 2.98. The summed E-state index contributed by atoms with van der Waals surface area (Å²) in [4.78, 5) is 13.7. The van der Waals surface area contributed by atoms with E-state index in [0.717, 1.165) is 12.8 Å². The van der Waals surface area contributed by atoms with Crippen molar-refractivity contribution >= 4 is 17.1 Å². The maximum atomic E-state index is 12.2. The minimum Gasteiger partial charge on any atom is -0.299 e. The van der Waals surface area contributed by atoms with Gasteiger partial charge >= 0.3 is 0 Å². The normalized spacial score (nSPS) is 13.0. The molecule has 1 unspecified atom stereocenters. The van der Waals surface area contributed by atoms with E-state index in [1.165, 1.54) is 40.0 Å². The van der Waals surface area contributed by atoms with Crippen LogP contribution in [0.2, 0.25) is 0 Å². The number of hydrogen-bond donors (Lipinski definition) is 0. The average molecular weight is 371 g/mol. The summed E-state index contributed by atoms with van der Waals surface area (Å²) in [5.74, 6) is 0.958. The van der Waals surface area contributed by atoms with Gasteiger partial charge in [0.25, 0.3) is 0 Å². The summed E-state index contributed by atoms with van der Waals surface area (Å²) in [6, 6.07) is 9.21. The van der Waals surface area contributed by atoms with Gasteiger partial charge in [-0.15, -0.1) is 11.3 Å². The number of Topliss-reactive ketones (excluding diaryl/α,β-unsaturated/α-hetero) is 1. The highest BCUT2D eigenvalue weighted by Crippen LogP contribution is 2.29. The van der Waals surface area contributed by atoms with E-state index in [1.54, 1.807) is 0 Å². The molecule has 1 heterocycles.